The van der Waals surface area contributed by atoms with Crippen LogP contribution in [0.4, 0.5) is 19.0 Å². The van der Waals surface area contributed by atoms with Gasteiger partial charge in [-0.25, -0.2) is 9.97 Å². The zero-order chi connectivity index (χ0) is 14.2. The second kappa shape index (κ2) is 4.90. The predicted octanol–water partition coefficient (Wildman–Crippen LogP) is 2.06. The molecule has 1 saturated heterocycles. The van der Waals surface area contributed by atoms with Gasteiger partial charge in [0.2, 0.25) is 0 Å². The van der Waals surface area contributed by atoms with Gasteiger partial charge in [-0.15, -0.1) is 0 Å². The summed E-state index contributed by atoms with van der Waals surface area (Å²) < 4.78 is 39.6. The van der Waals surface area contributed by atoms with Crippen LogP contribution >= 0.6 is 0 Å². The molecule has 0 unspecified atom stereocenters. The Morgan fingerprint density at radius 1 is 1.00 bits per heavy atom. The summed E-state index contributed by atoms with van der Waals surface area (Å²) in [5.41, 5.74) is -0.161. The summed E-state index contributed by atoms with van der Waals surface area (Å²) in [4.78, 5) is 9.59. The standard InChI is InChI=1S/C13H13F3N4/c14-13(15,16)11-12(20-7-5-17-6-8-20)19-10-4-2-1-3-9(10)18-11/h1-4,17H,5-8H2. The number of nitrogens with one attached hydrogen (secondary N) is 1. The Kier molecular flexibility index (Phi) is 3.21. The molecule has 1 N–H and O–H groups in total. The van der Waals surface area contributed by atoms with E-state index in [1.807, 2.05) is 0 Å². The molecule has 2 heterocycles. The molecule has 0 radical (unpaired) electrons. The maximum Gasteiger partial charge on any atom is 0.437 e. The normalized spacial score (nSPS) is 16.6. The fourth-order valence-electron chi connectivity index (χ4n) is 2.28. The molecule has 2 aromatic rings. The van der Waals surface area contributed by atoms with Crippen LogP contribution in [0, 0.1) is 0 Å². The van der Waals surface area contributed by atoms with Crippen molar-refractivity contribution in [1.29, 1.82) is 0 Å². The third kappa shape index (κ3) is 2.40. The summed E-state index contributed by atoms with van der Waals surface area (Å²) in [5, 5.41) is 3.11. The summed E-state index contributed by atoms with van der Waals surface area (Å²) in [6.07, 6.45) is -4.50. The minimum Gasteiger partial charge on any atom is -0.352 e. The number of rotatable bonds is 1. The number of piperazine rings is 1. The molecule has 0 amide bonds. The first-order valence-corrected chi connectivity index (χ1v) is 6.35. The molecule has 0 atom stereocenters. The van der Waals surface area contributed by atoms with Crippen LogP contribution in [-0.4, -0.2) is 36.1 Å². The molecule has 1 aliphatic rings. The second-order valence-corrected chi connectivity index (χ2v) is 4.62. The van der Waals surface area contributed by atoms with Crippen molar-refractivity contribution in [3.63, 3.8) is 0 Å². The molecule has 0 aliphatic carbocycles. The van der Waals surface area contributed by atoms with Crippen LogP contribution in [0.2, 0.25) is 0 Å². The monoisotopic (exact) mass is 282 g/mol. The number of hydrogen-bond acceptors (Lipinski definition) is 4. The summed E-state index contributed by atoms with van der Waals surface area (Å²) in [5.74, 6) is -0.0716. The minimum absolute atomic E-state index is 0.0716. The van der Waals surface area contributed by atoms with E-state index < -0.39 is 11.9 Å². The van der Waals surface area contributed by atoms with Gasteiger partial charge >= 0.3 is 6.18 Å². The molecule has 3 rings (SSSR count). The van der Waals surface area contributed by atoms with Crippen molar-refractivity contribution in [1.82, 2.24) is 15.3 Å². The highest BCUT2D eigenvalue weighted by Crippen LogP contribution is 2.35. The van der Waals surface area contributed by atoms with E-state index >= 15 is 0 Å². The van der Waals surface area contributed by atoms with Crippen molar-refractivity contribution < 1.29 is 13.2 Å². The summed E-state index contributed by atoms with van der Waals surface area (Å²) >= 11 is 0. The smallest absolute Gasteiger partial charge is 0.352 e. The first kappa shape index (κ1) is 13.1. The minimum atomic E-state index is -4.50. The topological polar surface area (TPSA) is 41.1 Å². The second-order valence-electron chi connectivity index (χ2n) is 4.62. The lowest BCUT2D eigenvalue weighted by Crippen LogP contribution is -2.44. The molecule has 7 heteroatoms. The Morgan fingerprint density at radius 3 is 2.20 bits per heavy atom. The van der Waals surface area contributed by atoms with Crippen LogP contribution in [0.1, 0.15) is 5.69 Å². The molecule has 0 bridgehead atoms. The van der Waals surface area contributed by atoms with E-state index in [4.69, 9.17) is 0 Å². The van der Waals surface area contributed by atoms with Gasteiger partial charge in [-0.1, -0.05) is 12.1 Å². The van der Waals surface area contributed by atoms with Crippen LogP contribution in [0.3, 0.4) is 0 Å². The lowest BCUT2D eigenvalue weighted by Gasteiger charge is -2.30. The zero-order valence-electron chi connectivity index (χ0n) is 10.6. The molecule has 0 saturated carbocycles. The molecule has 1 aliphatic heterocycles. The number of alkyl halides is 3. The molecule has 4 nitrogen and oxygen atoms in total. The number of fused-ring (bicyclic) bond motifs is 1. The first-order chi connectivity index (χ1) is 9.55. The van der Waals surface area contributed by atoms with Gasteiger partial charge in [-0.3, -0.25) is 0 Å². The van der Waals surface area contributed by atoms with Crippen molar-refractivity contribution in [2.75, 3.05) is 31.1 Å². The van der Waals surface area contributed by atoms with E-state index in [0.29, 0.717) is 31.7 Å². The Balaban J connectivity index is 2.16. The largest absolute Gasteiger partial charge is 0.437 e. The highest BCUT2D eigenvalue weighted by molar-refractivity contribution is 5.76. The number of anilines is 1. The van der Waals surface area contributed by atoms with Crippen molar-refractivity contribution in [3.8, 4) is 0 Å². The third-order valence-corrected chi connectivity index (χ3v) is 3.24. The number of halogens is 3. The SMILES string of the molecule is FC(F)(F)c1nc2ccccc2nc1N1CCNCC1. The third-order valence-electron chi connectivity index (χ3n) is 3.24. The van der Waals surface area contributed by atoms with Gasteiger partial charge in [-0.2, -0.15) is 13.2 Å². The Morgan fingerprint density at radius 2 is 1.60 bits per heavy atom. The lowest BCUT2D eigenvalue weighted by atomic mass is 10.2. The van der Waals surface area contributed by atoms with E-state index in [9.17, 15) is 13.2 Å². The van der Waals surface area contributed by atoms with Crippen LogP contribution in [0.25, 0.3) is 11.0 Å². The molecule has 1 aromatic heterocycles. The van der Waals surface area contributed by atoms with E-state index in [1.54, 1.807) is 29.2 Å². The maximum atomic E-state index is 13.2. The average Bonchev–Trinajstić information content (AvgIpc) is 2.46. The molecular formula is C13H13F3N4. The van der Waals surface area contributed by atoms with Gasteiger partial charge in [0.25, 0.3) is 0 Å². The molecule has 106 valence electrons. The zero-order valence-corrected chi connectivity index (χ0v) is 10.6. The number of para-hydroxylation sites is 2. The van der Waals surface area contributed by atoms with Crippen molar-refractivity contribution in [2.45, 2.75) is 6.18 Å². The van der Waals surface area contributed by atoms with Gasteiger partial charge < -0.3 is 10.2 Å². The van der Waals surface area contributed by atoms with Crippen molar-refractivity contribution in [2.24, 2.45) is 0 Å². The van der Waals surface area contributed by atoms with E-state index in [-0.39, 0.29) is 11.3 Å². The Hall–Kier alpha value is -1.89. The maximum absolute atomic E-state index is 13.2. The van der Waals surface area contributed by atoms with Crippen molar-refractivity contribution in [3.05, 3.63) is 30.0 Å². The van der Waals surface area contributed by atoms with Gasteiger partial charge in [0.1, 0.15) is 0 Å². The van der Waals surface area contributed by atoms with Gasteiger partial charge in [0.05, 0.1) is 11.0 Å². The van der Waals surface area contributed by atoms with Gasteiger partial charge in [-0.05, 0) is 12.1 Å². The molecule has 0 spiro atoms. The summed E-state index contributed by atoms with van der Waals surface area (Å²) in [7, 11) is 0. The summed E-state index contributed by atoms with van der Waals surface area (Å²) in [6.45, 7) is 2.28. The number of aromatic nitrogens is 2. The van der Waals surface area contributed by atoms with Gasteiger partial charge in [0.15, 0.2) is 11.5 Å². The van der Waals surface area contributed by atoms with Gasteiger partial charge in [0, 0.05) is 26.2 Å². The number of hydrogen-bond donors (Lipinski definition) is 1. The van der Waals surface area contributed by atoms with Crippen LogP contribution in [-0.2, 0) is 6.18 Å². The highest BCUT2D eigenvalue weighted by Gasteiger charge is 2.38. The Bertz CT molecular complexity index is 621. The molecular weight excluding hydrogens is 269 g/mol. The molecule has 1 fully saturated rings. The fourth-order valence-corrected chi connectivity index (χ4v) is 2.28. The lowest BCUT2D eigenvalue weighted by molar-refractivity contribution is -0.140. The summed E-state index contributed by atoms with van der Waals surface area (Å²) in [6, 6.07) is 6.61. The first-order valence-electron chi connectivity index (χ1n) is 6.35. The van der Waals surface area contributed by atoms with Crippen LogP contribution < -0.4 is 10.2 Å². The van der Waals surface area contributed by atoms with Crippen LogP contribution in [0.15, 0.2) is 24.3 Å². The Labute approximate surface area is 113 Å². The number of nitrogens with zero attached hydrogens (tertiary/aromatic N) is 3. The van der Waals surface area contributed by atoms with E-state index in [0.717, 1.165) is 0 Å². The van der Waals surface area contributed by atoms with Crippen LogP contribution in [0.5, 0.6) is 0 Å². The highest BCUT2D eigenvalue weighted by atomic mass is 19.4. The molecule has 20 heavy (non-hydrogen) atoms. The van der Waals surface area contributed by atoms with Crippen molar-refractivity contribution >= 4 is 16.9 Å². The quantitative estimate of drug-likeness (QED) is 0.869. The average molecular weight is 282 g/mol. The molecule has 1 aromatic carbocycles. The fraction of sp³-hybridized carbons (Fsp3) is 0.385. The van der Waals surface area contributed by atoms with E-state index in [1.165, 1.54) is 0 Å². The predicted molar refractivity (Wildman–Crippen MR) is 69.6 cm³/mol. The van der Waals surface area contributed by atoms with E-state index in [2.05, 4.69) is 15.3 Å². The number of benzene rings is 1.